The van der Waals surface area contributed by atoms with E-state index in [2.05, 4.69) is 35.9 Å². The minimum Gasteiger partial charge on any atom is -0.492 e. The molecule has 288 valence electrons. The maximum Gasteiger partial charge on any atom is 0.324 e. The zero-order valence-corrected chi connectivity index (χ0v) is 31.2. The molecule has 16 heteroatoms. The number of benzene rings is 3. The highest BCUT2D eigenvalue weighted by Crippen LogP contribution is 2.35. The number of amides is 6. The van der Waals surface area contributed by atoms with Crippen molar-refractivity contribution in [2.45, 2.75) is 45.1 Å². The van der Waals surface area contributed by atoms with Gasteiger partial charge >= 0.3 is 6.03 Å². The molecule has 1 unspecified atom stereocenters. The van der Waals surface area contributed by atoms with Gasteiger partial charge in [-0.3, -0.25) is 44.2 Å². The van der Waals surface area contributed by atoms with E-state index in [1.807, 2.05) is 73.9 Å². The summed E-state index contributed by atoms with van der Waals surface area (Å²) in [6, 6.07) is 18.7. The molecule has 56 heavy (non-hydrogen) atoms. The SMILES string of the molecule is CC(C)(C)c1cc(NC(=O)Nc2ccc(-n3cnc4cc(OCCN5CCN(c6cccc7c6C(=O)N(C6CCC(=O)NC6=O)C7=O)CC5)ccc43)cc2)no1. The van der Waals surface area contributed by atoms with Gasteiger partial charge in [-0.2, -0.15) is 0 Å². The monoisotopic (exact) mass is 759 g/mol. The molecule has 2 saturated heterocycles. The van der Waals surface area contributed by atoms with Gasteiger partial charge in [-0.1, -0.05) is 32.0 Å². The van der Waals surface area contributed by atoms with Gasteiger partial charge in [0.2, 0.25) is 11.8 Å². The van der Waals surface area contributed by atoms with Crippen LogP contribution in [0.25, 0.3) is 16.7 Å². The Hall–Kier alpha value is -6.55. The standard InChI is InChI=1S/C40H41N9O7/c1-40(2,3)32-22-33(45-56-32)43-39(54)42-24-7-9-25(10-8-24)48-23-41-28-21-26(11-12-29(28)48)55-20-19-46-15-17-47(18-16-46)30-6-4-5-27-35(30)38(53)49(37(27)52)31-13-14-34(50)44-36(31)51/h4-12,21-23,31H,13-20H2,1-3H3,(H,44,50,51)(H2,42,43,45,54). The summed E-state index contributed by atoms with van der Waals surface area (Å²) in [6.45, 7) is 9.92. The van der Waals surface area contributed by atoms with E-state index >= 15 is 0 Å². The van der Waals surface area contributed by atoms with Crippen LogP contribution >= 0.6 is 0 Å². The normalized spacial score (nSPS) is 17.7. The van der Waals surface area contributed by atoms with Crippen LogP contribution in [0.2, 0.25) is 0 Å². The Labute approximate surface area is 321 Å². The van der Waals surface area contributed by atoms with E-state index < -0.39 is 35.7 Å². The molecule has 3 N–H and O–H groups in total. The minimum atomic E-state index is -1.00. The third kappa shape index (κ3) is 7.18. The number of imidazole rings is 1. The Bertz CT molecular complexity index is 2350. The number of imide groups is 2. The molecule has 3 aromatic carbocycles. The Kier molecular flexibility index (Phi) is 9.49. The van der Waals surface area contributed by atoms with Crippen LogP contribution in [0.5, 0.6) is 5.75 Å². The second-order valence-corrected chi connectivity index (χ2v) is 15.0. The van der Waals surface area contributed by atoms with Crippen LogP contribution in [-0.2, 0) is 15.0 Å². The van der Waals surface area contributed by atoms with Crippen LogP contribution in [0.1, 0.15) is 60.1 Å². The van der Waals surface area contributed by atoms with Crippen LogP contribution in [0.3, 0.4) is 0 Å². The van der Waals surface area contributed by atoms with Crippen molar-refractivity contribution < 1.29 is 33.2 Å². The van der Waals surface area contributed by atoms with Crippen molar-refractivity contribution in [2.75, 3.05) is 54.9 Å². The Morgan fingerprint density at radius 3 is 2.46 bits per heavy atom. The van der Waals surface area contributed by atoms with Gasteiger partial charge in [0.1, 0.15) is 30.5 Å². The zero-order valence-electron chi connectivity index (χ0n) is 31.2. The van der Waals surface area contributed by atoms with E-state index in [1.54, 1.807) is 24.5 Å². The molecule has 6 amide bonds. The first-order chi connectivity index (χ1) is 26.9. The predicted octanol–water partition coefficient (Wildman–Crippen LogP) is 4.56. The molecule has 8 rings (SSSR count). The van der Waals surface area contributed by atoms with Crippen molar-refractivity contribution in [2.24, 2.45) is 0 Å². The van der Waals surface area contributed by atoms with Crippen molar-refractivity contribution >= 4 is 57.9 Å². The quantitative estimate of drug-likeness (QED) is 0.179. The fraction of sp³-hybridized carbons (Fsp3) is 0.325. The molecule has 16 nitrogen and oxygen atoms in total. The molecule has 3 aliphatic heterocycles. The lowest BCUT2D eigenvalue weighted by Gasteiger charge is -2.36. The average molecular weight is 760 g/mol. The van der Waals surface area contributed by atoms with Crippen LogP contribution in [0.4, 0.5) is 22.0 Å². The number of anilines is 3. The van der Waals surface area contributed by atoms with Gasteiger partial charge in [0.05, 0.1) is 27.8 Å². The van der Waals surface area contributed by atoms with Crippen LogP contribution in [0.15, 0.2) is 77.6 Å². The summed E-state index contributed by atoms with van der Waals surface area (Å²) in [7, 11) is 0. The van der Waals surface area contributed by atoms with E-state index in [9.17, 15) is 24.0 Å². The van der Waals surface area contributed by atoms with E-state index in [0.717, 1.165) is 34.7 Å². The van der Waals surface area contributed by atoms with E-state index in [4.69, 9.17) is 9.26 Å². The largest absolute Gasteiger partial charge is 0.492 e. The van der Waals surface area contributed by atoms with Crippen LogP contribution in [0, 0.1) is 0 Å². The van der Waals surface area contributed by atoms with Crippen LogP contribution in [-0.4, -0.2) is 99.5 Å². The second-order valence-electron chi connectivity index (χ2n) is 15.0. The minimum absolute atomic E-state index is 0.0752. The number of nitrogens with one attached hydrogen (secondary N) is 3. The summed E-state index contributed by atoms with van der Waals surface area (Å²) in [5, 5.41) is 11.7. The first-order valence-electron chi connectivity index (χ1n) is 18.5. The summed E-state index contributed by atoms with van der Waals surface area (Å²) in [4.78, 5) is 73.5. The fourth-order valence-electron chi connectivity index (χ4n) is 7.23. The third-order valence-electron chi connectivity index (χ3n) is 10.2. The molecule has 0 saturated carbocycles. The average Bonchev–Trinajstić information content (AvgIpc) is 3.89. The molecule has 0 spiro atoms. The number of aromatic nitrogens is 3. The molecule has 2 aromatic heterocycles. The molecule has 5 aromatic rings. The Morgan fingerprint density at radius 1 is 0.946 bits per heavy atom. The van der Waals surface area contributed by atoms with Gasteiger partial charge in [0, 0.05) is 68.1 Å². The van der Waals surface area contributed by atoms with E-state index in [1.165, 1.54) is 0 Å². The highest BCUT2D eigenvalue weighted by Gasteiger charge is 2.46. The highest BCUT2D eigenvalue weighted by molar-refractivity contribution is 6.25. The zero-order chi connectivity index (χ0) is 39.1. The van der Waals surface area contributed by atoms with Crippen LogP contribution < -0.4 is 25.6 Å². The summed E-state index contributed by atoms with van der Waals surface area (Å²) < 4.78 is 13.4. The second kappa shape index (κ2) is 14.6. The maximum atomic E-state index is 13.6. The van der Waals surface area contributed by atoms with Gasteiger partial charge in [-0.15, -0.1) is 0 Å². The lowest BCUT2D eigenvalue weighted by atomic mass is 9.93. The number of ether oxygens (including phenoxy) is 1. The first kappa shape index (κ1) is 36.4. The molecule has 1 atom stereocenters. The predicted molar refractivity (Wildman–Crippen MR) is 206 cm³/mol. The maximum absolute atomic E-state index is 13.6. The Morgan fingerprint density at radius 2 is 1.73 bits per heavy atom. The number of fused-ring (bicyclic) bond motifs is 2. The van der Waals surface area contributed by atoms with Gasteiger partial charge < -0.3 is 19.5 Å². The topological polar surface area (TPSA) is 184 Å². The summed E-state index contributed by atoms with van der Waals surface area (Å²) >= 11 is 0. The van der Waals surface area contributed by atoms with Crippen molar-refractivity contribution in [3.05, 3.63) is 89.9 Å². The number of rotatable bonds is 9. The number of carbonyl (C=O) groups is 5. The smallest absolute Gasteiger partial charge is 0.324 e. The number of piperidine rings is 1. The first-order valence-corrected chi connectivity index (χ1v) is 18.5. The van der Waals surface area contributed by atoms with Gasteiger partial charge in [-0.05, 0) is 55.0 Å². The third-order valence-corrected chi connectivity index (χ3v) is 10.2. The molecule has 3 aliphatic rings. The number of piperazine rings is 1. The number of hydrogen-bond acceptors (Lipinski definition) is 11. The summed E-state index contributed by atoms with van der Waals surface area (Å²) in [6.07, 6.45) is 1.94. The molecule has 0 bridgehead atoms. The van der Waals surface area contributed by atoms with Gasteiger partial charge in [-0.25, -0.2) is 9.78 Å². The number of carbonyl (C=O) groups excluding carboxylic acids is 5. The van der Waals surface area contributed by atoms with Crippen molar-refractivity contribution in [3.8, 4) is 11.4 Å². The van der Waals surface area contributed by atoms with Crippen molar-refractivity contribution in [3.63, 3.8) is 0 Å². The fourth-order valence-corrected chi connectivity index (χ4v) is 7.23. The molecule has 5 heterocycles. The number of nitrogens with zero attached hydrogens (tertiary/aromatic N) is 6. The van der Waals surface area contributed by atoms with E-state index in [0.29, 0.717) is 60.5 Å². The molecule has 0 aliphatic carbocycles. The number of urea groups is 1. The lowest BCUT2D eigenvalue weighted by molar-refractivity contribution is -0.136. The van der Waals surface area contributed by atoms with E-state index in [-0.39, 0.29) is 23.8 Å². The number of hydrogen-bond donors (Lipinski definition) is 3. The summed E-state index contributed by atoms with van der Waals surface area (Å²) in [5.74, 6) is -0.316. The Balaban J connectivity index is 0.825. The molecule has 0 radical (unpaired) electrons. The van der Waals surface area contributed by atoms with Gasteiger partial charge in [0.15, 0.2) is 5.82 Å². The molecular formula is C40H41N9O7. The molecular weight excluding hydrogens is 718 g/mol. The van der Waals surface area contributed by atoms with Gasteiger partial charge in [0.25, 0.3) is 11.8 Å². The van der Waals surface area contributed by atoms with Crippen molar-refractivity contribution in [1.82, 2.24) is 29.8 Å². The van der Waals surface area contributed by atoms with Crippen molar-refractivity contribution in [1.29, 1.82) is 0 Å². The molecule has 2 fully saturated rings. The summed E-state index contributed by atoms with van der Waals surface area (Å²) in [5.41, 5.74) is 4.21. The highest BCUT2D eigenvalue weighted by atomic mass is 16.5. The lowest BCUT2D eigenvalue weighted by Crippen LogP contribution is -2.54.